The molecule has 1 aliphatic carbocycles. The lowest BCUT2D eigenvalue weighted by molar-refractivity contribution is -0.119. The van der Waals surface area contributed by atoms with Gasteiger partial charge in [0.25, 0.3) is 0 Å². The second-order valence-electron chi connectivity index (χ2n) is 3.61. The van der Waals surface area contributed by atoms with Gasteiger partial charge in [0.2, 0.25) is 5.91 Å². The summed E-state index contributed by atoms with van der Waals surface area (Å²) < 4.78 is 0. The second kappa shape index (κ2) is 5.20. The van der Waals surface area contributed by atoms with E-state index in [4.69, 9.17) is 11.6 Å². The van der Waals surface area contributed by atoms with E-state index in [1.807, 2.05) is 0 Å². The zero-order valence-electron chi connectivity index (χ0n) is 8.18. The summed E-state index contributed by atoms with van der Waals surface area (Å²) in [5, 5.41) is 4.13. The van der Waals surface area contributed by atoms with Gasteiger partial charge in [-0.25, -0.2) is 4.79 Å². The fourth-order valence-electron chi connectivity index (χ4n) is 1.19. The molecule has 1 atom stereocenters. The summed E-state index contributed by atoms with van der Waals surface area (Å²) in [5.41, 5.74) is 0. The highest BCUT2D eigenvalue weighted by molar-refractivity contribution is 6.31. The summed E-state index contributed by atoms with van der Waals surface area (Å²) >= 11 is 5.48. The van der Waals surface area contributed by atoms with Crippen LogP contribution in [0.5, 0.6) is 0 Å². The molecule has 0 aliphatic heterocycles. The molecule has 0 aromatic heterocycles. The van der Waals surface area contributed by atoms with Gasteiger partial charge in [-0.05, 0) is 25.7 Å². The third-order valence-corrected chi connectivity index (χ3v) is 2.57. The zero-order valence-corrected chi connectivity index (χ0v) is 8.93. The molecule has 4 nitrogen and oxygen atoms in total. The van der Waals surface area contributed by atoms with Crippen molar-refractivity contribution in [3.63, 3.8) is 0 Å². The Morgan fingerprint density at radius 1 is 1.50 bits per heavy atom. The first-order chi connectivity index (χ1) is 6.59. The number of urea groups is 1. The van der Waals surface area contributed by atoms with Gasteiger partial charge in [0.05, 0.1) is 0 Å². The molecule has 1 fully saturated rings. The number of rotatable bonds is 3. The molecule has 1 aliphatic rings. The van der Waals surface area contributed by atoms with Crippen LogP contribution in [0.2, 0.25) is 0 Å². The monoisotopic (exact) mass is 218 g/mol. The molecule has 0 spiro atoms. The van der Waals surface area contributed by atoms with Crippen LogP contribution in [0.3, 0.4) is 0 Å². The highest BCUT2D eigenvalue weighted by Crippen LogP contribution is 2.24. The topological polar surface area (TPSA) is 58.2 Å². The lowest BCUT2D eigenvalue weighted by Gasteiger charge is -2.25. The Balaban J connectivity index is 2.11. The van der Waals surface area contributed by atoms with Gasteiger partial charge in [-0.3, -0.25) is 10.1 Å². The van der Waals surface area contributed by atoms with Crippen molar-refractivity contribution < 1.29 is 9.59 Å². The Morgan fingerprint density at radius 3 is 2.57 bits per heavy atom. The summed E-state index contributed by atoms with van der Waals surface area (Å²) in [4.78, 5) is 22.1. The SMILES string of the molecule is CC(Cl)C(=O)NC(=O)NCC1CCC1. The predicted octanol–water partition coefficient (Wildman–Crippen LogP) is 1.24. The average molecular weight is 219 g/mol. The quantitative estimate of drug-likeness (QED) is 0.701. The molecule has 0 bridgehead atoms. The minimum absolute atomic E-state index is 0.450. The standard InChI is InChI=1S/C9H15ClN2O2/c1-6(10)8(13)12-9(14)11-5-7-3-2-4-7/h6-7H,2-5H2,1H3,(H2,11,12,13,14). The largest absolute Gasteiger partial charge is 0.338 e. The third kappa shape index (κ3) is 3.54. The van der Waals surface area contributed by atoms with Gasteiger partial charge < -0.3 is 5.32 Å². The van der Waals surface area contributed by atoms with E-state index in [9.17, 15) is 9.59 Å². The molecule has 14 heavy (non-hydrogen) atoms. The molecule has 80 valence electrons. The summed E-state index contributed by atoms with van der Waals surface area (Å²) in [6, 6.07) is -0.450. The highest BCUT2D eigenvalue weighted by atomic mass is 35.5. The van der Waals surface area contributed by atoms with Crippen molar-refractivity contribution in [3.05, 3.63) is 0 Å². The van der Waals surface area contributed by atoms with Gasteiger partial charge in [-0.1, -0.05) is 6.42 Å². The normalized spacial score (nSPS) is 18.1. The molecule has 0 aromatic carbocycles. The zero-order chi connectivity index (χ0) is 10.6. The van der Waals surface area contributed by atoms with E-state index in [2.05, 4.69) is 10.6 Å². The lowest BCUT2D eigenvalue weighted by atomic mass is 9.85. The Bertz CT molecular complexity index is 227. The highest BCUT2D eigenvalue weighted by Gasteiger charge is 2.19. The first-order valence-corrected chi connectivity index (χ1v) is 5.26. The molecule has 1 saturated carbocycles. The summed E-state index contributed by atoms with van der Waals surface area (Å²) in [7, 11) is 0. The van der Waals surface area contributed by atoms with Crippen LogP contribution in [0.1, 0.15) is 26.2 Å². The fourth-order valence-corrected chi connectivity index (χ4v) is 1.24. The van der Waals surface area contributed by atoms with Gasteiger partial charge in [0.1, 0.15) is 5.38 Å². The van der Waals surface area contributed by atoms with Crippen LogP contribution >= 0.6 is 11.6 Å². The Morgan fingerprint density at radius 2 is 2.14 bits per heavy atom. The van der Waals surface area contributed by atoms with E-state index in [1.54, 1.807) is 0 Å². The van der Waals surface area contributed by atoms with Crippen LogP contribution in [0.15, 0.2) is 0 Å². The summed E-state index contributed by atoms with van der Waals surface area (Å²) in [5.74, 6) is 0.127. The molecular weight excluding hydrogens is 204 g/mol. The summed E-state index contributed by atoms with van der Waals surface area (Å²) in [6.45, 7) is 2.17. The van der Waals surface area contributed by atoms with Crippen molar-refractivity contribution in [3.8, 4) is 0 Å². The van der Waals surface area contributed by atoms with E-state index in [0.717, 1.165) is 0 Å². The second-order valence-corrected chi connectivity index (χ2v) is 4.27. The number of alkyl halides is 1. The smallest absolute Gasteiger partial charge is 0.321 e. The van der Waals surface area contributed by atoms with Crippen molar-refractivity contribution in [2.45, 2.75) is 31.6 Å². The van der Waals surface area contributed by atoms with Crippen molar-refractivity contribution in [1.82, 2.24) is 10.6 Å². The molecule has 1 rings (SSSR count). The predicted molar refractivity (Wildman–Crippen MR) is 54.2 cm³/mol. The molecule has 0 saturated heterocycles. The molecule has 5 heteroatoms. The van der Waals surface area contributed by atoms with Crippen molar-refractivity contribution in [2.24, 2.45) is 5.92 Å². The molecule has 3 amide bonds. The van der Waals surface area contributed by atoms with E-state index in [0.29, 0.717) is 12.5 Å². The number of imide groups is 1. The Labute approximate surface area is 88.4 Å². The number of amides is 3. The molecule has 0 heterocycles. The number of carbonyl (C=O) groups excluding carboxylic acids is 2. The van der Waals surface area contributed by atoms with Crippen molar-refractivity contribution in [1.29, 1.82) is 0 Å². The first kappa shape index (κ1) is 11.3. The molecule has 2 N–H and O–H groups in total. The van der Waals surface area contributed by atoms with Gasteiger partial charge in [0.15, 0.2) is 0 Å². The maximum atomic E-state index is 11.1. The van der Waals surface area contributed by atoms with Gasteiger partial charge >= 0.3 is 6.03 Å². The van der Waals surface area contributed by atoms with Crippen molar-refractivity contribution in [2.75, 3.05) is 6.54 Å². The lowest BCUT2D eigenvalue weighted by Crippen LogP contribution is -2.44. The number of carbonyl (C=O) groups is 2. The van der Waals surface area contributed by atoms with Crippen LogP contribution in [0, 0.1) is 5.92 Å². The van der Waals surface area contributed by atoms with Crippen molar-refractivity contribution >= 4 is 23.5 Å². The third-order valence-electron chi connectivity index (χ3n) is 2.37. The van der Waals surface area contributed by atoms with Crippen LogP contribution in [0.4, 0.5) is 4.79 Å². The van der Waals surface area contributed by atoms with Gasteiger partial charge in [0, 0.05) is 6.54 Å². The van der Waals surface area contributed by atoms with E-state index >= 15 is 0 Å². The van der Waals surface area contributed by atoms with Crippen LogP contribution in [-0.2, 0) is 4.79 Å². The Kier molecular flexibility index (Phi) is 4.20. The average Bonchev–Trinajstić information content (AvgIpc) is 2.00. The van der Waals surface area contributed by atoms with Crippen LogP contribution in [-0.4, -0.2) is 23.9 Å². The minimum atomic E-state index is -0.676. The van der Waals surface area contributed by atoms with E-state index in [1.165, 1.54) is 26.2 Å². The maximum Gasteiger partial charge on any atom is 0.321 e. The fraction of sp³-hybridized carbons (Fsp3) is 0.778. The molecule has 0 radical (unpaired) electrons. The van der Waals surface area contributed by atoms with Crippen LogP contribution in [0.25, 0.3) is 0 Å². The first-order valence-electron chi connectivity index (χ1n) is 4.82. The van der Waals surface area contributed by atoms with E-state index < -0.39 is 17.3 Å². The van der Waals surface area contributed by atoms with Gasteiger partial charge in [-0.15, -0.1) is 11.6 Å². The number of hydrogen-bond donors (Lipinski definition) is 2. The molecule has 1 unspecified atom stereocenters. The maximum absolute atomic E-state index is 11.1. The van der Waals surface area contributed by atoms with Crippen LogP contribution < -0.4 is 10.6 Å². The number of halogens is 1. The van der Waals surface area contributed by atoms with E-state index in [-0.39, 0.29) is 0 Å². The molecular formula is C9H15ClN2O2. The Hall–Kier alpha value is -0.770. The van der Waals surface area contributed by atoms with Gasteiger partial charge in [-0.2, -0.15) is 0 Å². The number of nitrogens with one attached hydrogen (secondary N) is 2. The summed E-state index contributed by atoms with van der Waals surface area (Å²) in [6.07, 6.45) is 3.58. The molecule has 0 aromatic rings. The minimum Gasteiger partial charge on any atom is -0.338 e. The number of hydrogen-bond acceptors (Lipinski definition) is 2.